The highest BCUT2D eigenvalue weighted by Gasteiger charge is 2.14. The van der Waals surface area contributed by atoms with Crippen LogP contribution in [0.4, 0.5) is 11.6 Å². The molecule has 7 nitrogen and oxygen atoms in total. The van der Waals surface area contributed by atoms with Gasteiger partial charge in [-0.05, 0) is 84.0 Å². The largest absolute Gasteiger partial charge is 0.438 e. The summed E-state index contributed by atoms with van der Waals surface area (Å²) in [6.07, 6.45) is 4.28. The van der Waals surface area contributed by atoms with E-state index in [1.807, 2.05) is 61.5 Å². The molecule has 0 atom stereocenters. The van der Waals surface area contributed by atoms with Gasteiger partial charge in [0.2, 0.25) is 11.8 Å². The average Bonchev–Trinajstić information content (AvgIpc) is 3.41. The van der Waals surface area contributed by atoms with Crippen LogP contribution in [0.15, 0.2) is 78.5 Å². The summed E-state index contributed by atoms with van der Waals surface area (Å²) in [5, 5.41) is 5.16. The maximum atomic E-state index is 12.9. The predicted molar refractivity (Wildman–Crippen MR) is 140 cm³/mol. The number of hydrogen-bond acceptors (Lipinski definition) is 7. The first kappa shape index (κ1) is 22.6. The number of ether oxygens (including phenoxy) is 1. The molecule has 0 radical (unpaired) electrons. The first-order valence-corrected chi connectivity index (χ1v) is 12.2. The summed E-state index contributed by atoms with van der Waals surface area (Å²) in [5.74, 6) is 2.14. The molecule has 3 N–H and O–H groups in total. The summed E-state index contributed by atoms with van der Waals surface area (Å²) in [5.41, 5.74) is 11.6. The second-order valence-corrected chi connectivity index (χ2v) is 9.01. The fourth-order valence-electron chi connectivity index (χ4n) is 3.80. The topological polar surface area (TPSA) is 103 Å². The molecule has 5 rings (SSSR count). The Labute approximate surface area is 207 Å². The Morgan fingerprint density at radius 1 is 1.06 bits per heavy atom. The van der Waals surface area contributed by atoms with Crippen LogP contribution in [-0.2, 0) is 0 Å². The highest BCUT2D eigenvalue weighted by molar-refractivity contribution is 8.02. The van der Waals surface area contributed by atoms with Crippen LogP contribution in [0.2, 0.25) is 0 Å². The standard InChI is InChI=1S/C27H23N5O2S/c1-17-14-21(31-25(33)19-5-2-4-18(15-19)20-10-13-35-16-20)7-8-24(17)34-26-22(6-3-11-29-26)23-9-12-30-27(28)32-23/h2-9,11-12,14-16H,10,13H2,1H3,(H,31,33)(H2,28,30,32). The molecule has 174 valence electrons. The number of carbonyl (C=O) groups excluding carboxylic acids is 1. The van der Waals surface area contributed by atoms with E-state index in [4.69, 9.17) is 10.5 Å². The van der Waals surface area contributed by atoms with E-state index in [2.05, 4.69) is 25.7 Å². The molecule has 4 aromatic rings. The van der Waals surface area contributed by atoms with Gasteiger partial charge in [0.1, 0.15) is 5.75 Å². The zero-order valence-electron chi connectivity index (χ0n) is 19.1. The lowest BCUT2D eigenvalue weighted by molar-refractivity contribution is 0.102. The van der Waals surface area contributed by atoms with Gasteiger partial charge in [-0.3, -0.25) is 4.79 Å². The van der Waals surface area contributed by atoms with Crippen molar-refractivity contribution in [2.24, 2.45) is 0 Å². The van der Waals surface area contributed by atoms with Gasteiger partial charge in [-0.1, -0.05) is 12.1 Å². The third kappa shape index (κ3) is 5.17. The molecule has 0 bridgehead atoms. The molecule has 0 aliphatic carbocycles. The van der Waals surface area contributed by atoms with Crippen LogP contribution in [0.3, 0.4) is 0 Å². The van der Waals surface area contributed by atoms with Crippen molar-refractivity contribution in [3.05, 3.63) is 95.2 Å². The molecule has 3 heterocycles. The smallest absolute Gasteiger partial charge is 0.255 e. The minimum atomic E-state index is -0.153. The van der Waals surface area contributed by atoms with Crippen LogP contribution in [0.5, 0.6) is 11.6 Å². The summed E-state index contributed by atoms with van der Waals surface area (Å²) >= 11 is 1.81. The summed E-state index contributed by atoms with van der Waals surface area (Å²) in [6.45, 7) is 1.92. The van der Waals surface area contributed by atoms with E-state index < -0.39 is 0 Å². The van der Waals surface area contributed by atoms with E-state index >= 15 is 0 Å². The average molecular weight is 482 g/mol. The molecule has 8 heteroatoms. The fourth-order valence-corrected chi connectivity index (χ4v) is 4.71. The number of hydrogen-bond donors (Lipinski definition) is 2. The maximum absolute atomic E-state index is 12.9. The second-order valence-electron chi connectivity index (χ2n) is 8.04. The lowest BCUT2D eigenvalue weighted by atomic mass is 10.0. The summed E-state index contributed by atoms with van der Waals surface area (Å²) in [6, 6.07) is 18.7. The van der Waals surface area contributed by atoms with E-state index in [1.165, 1.54) is 5.57 Å². The van der Waals surface area contributed by atoms with Crippen molar-refractivity contribution in [3.63, 3.8) is 0 Å². The number of nitrogens with zero attached hydrogens (tertiary/aromatic N) is 3. The Kier molecular flexibility index (Phi) is 6.45. The van der Waals surface area contributed by atoms with Crippen molar-refractivity contribution in [3.8, 4) is 22.9 Å². The number of carbonyl (C=O) groups is 1. The van der Waals surface area contributed by atoms with Gasteiger partial charge in [0.05, 0.1) is 11.3 Å². The number of aryl methyl sites for hydroxylation is 1. The first-order valence-electron chi connectivity index (χ1n) is 11.1. The Morgan fingerprint density at radius 3 is 2.77 bits per heavy atom. The Balaban J connectivity index is 1.33. The predicted octanol–water partition coefficient (Wildman–Crippen LogP) is 5.95. The molecular formula is C27H23N5O2S. The van der Waals surface area contributed by atoms with Gasteiger partial charge in [0, 0.05) is 29.4 Å². The fraction of sp³-hybridized carbons (Fsp3) is 0.111. The number of benzene rings is 2. The minimum absolute atomic E-state index is 0.153. The number of nitrogens with one attached hydrogen (secondary N) is 1. The van der Waals surface area contributed by atoms with Crippen LogP contribution in [0.1, 0.15) is 27.9 Å². The van der Waals surface area contributed by atoms with E-state index in [1.54, 1.807) is 30.2 Å². The number of nitrogen functional groups attached to an aromatic ring is 1. The molecule has 0 saturated carbocycles. The molecule has 0 saturated heterocycles. The number of rotatable bonds is 6. The first-order chi connectivity index (χ1) is 17.1. The van der Waals surface area contributed by atoms with Crippen LogP contribution in [0.25, 0.3) is 16.8 Å². The number of amides is 1. The van der Waals surface area contributed by atoms with Crippen molar-refractivity contribution in [2.45, 2.75) is 13.3 Å². The van der Waals surface area contributed by atoms with Gasteiger partial charge in [-0.15, -0.1) is 11.8 Å². The number of aromatic nitrogens is 3. The van der Waals surface area contributed by atoms with Crippen molar-refractivity contribution < 1.29 is 9.53 Å². The van der Waals surface area contributed by atoms with Gasteiger partial charge >= 0.3 is 0 Å². The molecule has 1 aliphatic heterocycles. The summed E-state index contributed by atoms with van der Waals surface area (Å²) < 4.78 is 6.12. The second kappa shape index (κ2) is 9.99. The number of allylic oxidation sites excluding steroid dienone is 1. The van der Waals surface area contributed by atoms with Gasteiger partial charge in [-0.25, -0.2) is 15.0 Å². The lowest BCUT2D eigenvalue weighted by Crippen LogP contribution is -2.12. The molecular weight excluding hydrogens is 458 g/mol. The van der Waals surface area contributed by atoms with Crippen molar-refractivity contribution in [1.82, 2.24) is 15.0 Å². The van der Waals surface area contributed by atoms with Crippen molar-refractivity contribution in [1.29, 1.82) is 0 Å². The van der Waals surface area contributed by atoms with E-state index in [9.17, 15) is 4.79 Å². The Morgan fingerprint density at radius 2 is 1.97 bits per heavy atom. The van der Waals surface area contributed by atoms with Crippen LogP contribution in [-0.4, -0.2) is 26.6 Å². The molecule has 2 aromatic carbocycles. The molecule has 0 unspecified atom stereocenters. The van der Waals surface area contributed by atoms with Gasteiger partial charge in [0.15, 0.2) is 0 Å². The number of pyridine rings is 1. The SMILES string of the molecule is Cc1cc(NC(=O)c2cccc(C3=CSCC3)c2)ccc1Oc1ncccc1-c1ccnc(N)n1. The van der Waals surface area contributed by atoms with Crippen LogP contribution >= 0.6 is 11.8 Å². The van der Waals surface area contributed by atoms with E-state index in [-0.39, 0.29) is 11.9 Å². The van der Waals surface area contributed by atoms with Gasteiger partial charge < -0.3 is 15.8 Å². The van der Waals surface area contributed by atoms with E-state index in [0.717, 1.165) is 23.3 Å². The summed E-state index contributed by atoms with van der Waals surface area (Å²) in [7, 11) is 0. The minimum Gasteiger partial charge on any atom is -0.438 e. The zero-order valence-corrected chi connectivity index (χ0v) is 19.9. The molecule has 1 amide bonds. The Bertz CT molecular complexity index is 1440. The number of thioether (sulfide) groups is 1. The normalized spacial score (nSPS) is 12.8. The number of anilines is 2. The molecule has 0 fully saturated rings. The highest BCUT2D eigenvalue weighted by Crippen LogP contribution is 2.33. The number of nitrogens with two attached hydrogens (primary N) is 1. The Hall–Kier alpha value is -4.17. The third-order valence-electron chi connectivity index (χ3n) is 5.57. The highest BCUT2D eigenvalue weighted by atomic mass is 32.2. The van der Waals surface area contributed by atoms with Crippen LogP contribution < -0.4 is 15.8 Å². The van der Waals surface area contributed by atoms with Gasteiger partial charge in [-0.2, -0.15) is 0 Å². The van der Waals surface area contributed by atoms with Crippen molar-refractivity contribution >= 4 is 34.9 Å². The molecule has 2 aromatic heterocycles. The lowest BCUT2D eigenvalue weighted by Gasteiger charge is -2.13. The van der Waals surface area contributed by atoms with Crippen LogP contribution in [0, 0.1) is 6.92 Å². The quantitative estimate of drug-likeness (QED) is 0.351. The van der Waals surface area contributed by atoms with Crippen molar-refractivity contribution in [2.75, 3.05) is 16.8 Å². The molecule has 0 spiro atoms. The molecule has 1 aliphatic rings. The summed E-state index contributed by atoms with van der Waals surface area (Å²) in [4.78, 5) is 25.5. The maximum Gasteiger partial charge on any atom is 0.255 e. The van der Waals surface area contributed by atoms with E-state index in [0.29, 0.717) is 34.1 Å². The zero-order chi connectivity index (χ0) is 24.2. The monoisotopic (exact) mass is 481 g/mol. The van der Waals surface area contributed by atoms with Gasteiger partial charge in [0.25, 0.3) is 5.91 Å². The molecule has 35 heavy (non-hydrogen) atoms. The third-order valence-corrected chi connectivity index (χ3v) is 6.46.